The molecule has 94 valence electrons. The van der Waals surface area contributed by atoms with E-state index in [2.05, 4.69) is 0 Å². The van der Waals surface area contributed by atoms with E-state index in [-0.39, 0.29) is 12.7 Å². The highest BCUT2D eigenvalue weighted by atomic mass is 16.5. The van der Waals surface area contributed by atoms with Crippen molar-refractivity contribution in [1.82, 2.24) is 0 Å². The van der Waals surface area contributed by atoms with Crippen LogP contribution in [0, 0.1) is 0 Å². The molecule has 0 aliphatic heterocycles. The van der Waals surface area contributed by atoms with Crippen LogP contribution in [-0.4, -0.2) is 46.6 Å². The summed E-state index contributed by atoms with van der Waals surface area (Å²) in [5, 5.41) is 23.3. The fourth-order valence-corrected chi connectivity index (χ4v) is 1.42. The van der Waals surface area contributed by atoms with Gasteiger partial charge in [-0.25, -0.2) is 9.59 Å². The molecule has 1 saturated carbocycles. The highest BCUT2D eigenvalue weighted by molar-refractivity contribution is 5.68. The van der Waals surface area contributed by atoms with Gasteiger partial charge in [0.25, 0.3) is 0 Å². The second-order valence-corrected chi connectivity index (χ2v) is 3.52. The minimum atomic E-state index is -1.19. The summed E-state index contributed by atoms with van der Waals surface area (Å²) in [6.07, 6.45) is 5.92. The molecule has 0 heterocycles. The van der Waals surface area contributed by atoms with Crippen molar-refractivity contribution in [2.45, 2.75) is 38.2 Å². The maximum atomic E-state index is 10.1. The Morgan fingerprint density at radius 3 is 1.94 bits per heavy atom. The lowest BCUT2D eigenvalue weighted by Crippen LogP contribution is -2.20. The first-order valence-corrected chi connectivity index (χ1v) is 5.22. The molecule has 0 aromatic carbocycles. The van der Waals surface area contributed by atoms with Gasteiger partial charge < -0.3 is 20.1 Å². The molecule has 0 atom stereocenters. The van der Waals surface area contributed by atoms with Crippen molar-refractivity contribution in [3.8, 4) is 0 Å². The van der Waals surface area contributed by atoms with Gasteiger partial charge in [-0.2, -0.15) is 0 Å². The van der Waals surface area contributed by atoms with Crippen LogP contribution < -0.4 is 0 Å². The molecule has 0 aromatic heterocycles. The van der Waals surface area contributed by atoms with E-state index in [9.17, 15) is 4.79 Å². The van der Waals surface area contributed by atoms with Crippen LogP contribution in [0.1, 0.15) is 32.1 Å². The maximum absolute atomic E-state index is 10.1. The molecule has 6 heteroatoms. The molecule has 0 unspecified atom stereocenters. The molecule has 16 heavy (non-hydrogen) atoms. The standard InChI is InChI=1S/C8H14O3.C2H4O3/c9-8(10)6-11-7-4-2-1-3-5-7;3-1-2(4)5/h7H,1-6H2,(H,9,10);3H,1H2,(H,4,5). The van der Waals surface area contributed by atoms with E-state index in [1.807, 2.05) is 0 Å². The zero-order valence-corrected chi connectivity index (χ0v) is 9.09. The van der Waals surface area contributed by atoms with E-state index >= 15 is 0 Å². The van der Waals surface area contributed by atoms with Gasteiger partial charge in [-0.1, -0.05) is 19.3 Å². The van der Waals surface area contributed by atoms with Gasteiger partial charge in [0.1, 0.15) is 13.2 Å². The molecule has 1 fully saturated rings. The smallest absolute Gasteiger partial charge is 0.329 e. The van der Waals surface area contributed by atoms with Gasteiger partial charge in [0.05, 0.1) is 6.10 Å². The number of hydrogen-bond donors (Lipinski definition) is 3. The van der Waals surface area contributed by atoms with Crippen LogP contribution in [0.25, 0.3) is 0 Å². The monoisotopic (exact) mass is 234 g/mol. The van der Waals surface area contributed by atoms with E-state index in [0.717, 1.165) is 12.8 Å². The van der Waals surface area contributed by atoms with Crippen LogP contribution in [0.2, 0.25) is 0 Å². The maximum Gasteiger partial charge on any atom is 0.329 e. The molecule has 1 aliphatic carbocycles. The zero-order chi connectivity index (χ0) is 12.4. The number of hydrogen-bond acceptors (Lipinski definition) is 4. The predicted octanol–water partition coefficient (Wildman–Crippen LogP) is 0.484. The molecule has 1 rings (SSSR count). The Morgan fingerprint density at radius 1 is 1.06 bits per heavy atom. The van der Waals surface area contributed by atoms with Gasteiger partial charge >= 0.3 is 11.9 Å². The lowest BCUT2D eigenvalue weighted by molar-refractivity contribution is -0.145. The van der Waals surface area contributed by atoms with Crippen molar-refractivity contribution < 1.29 is 29.6 Å². The first kappa shape index (κ1) is 14.9. The van der Waals surface area contributed by atoms with Crippen LogP contribution >= 0.6 is 0 Å². The molecule has 0 saturated heterocycles. The summed E-state index contributed by atoms with van der Waals surface area (Å²) >= 11 is 0. The summed E-state index contributed by atoms with van der Waals surface area (Å²) in [4.78, 5) is 19.2. The van der Waals surface area contributed by atoms with Gasteiger partial charge in [-0.15, -0.1) is 0 Å². The first-order valence-electron chi connectivity index (χ1n) is 5.22. The highest BCUT2D eigenvalue weighted by Gasteiger charge is 2.14. The number of aliphatic hydroxyl groups is 1. The number of carbonyl (C=O) groups is 2. The molecule has 0 spiro atoms. The van der Waals surface area contributed by atoms with E-state index < -0.39 is 18.5 Å². The Morgan fingerprint density at radius 2 is 1.56 bits per heavy atom. The average molecular weight is 234 g/mol. The third-order valence-electron chi connectivity index (χ3n) is 2.13. The third-order valence-corrected chi connectivity index (χ3v) is 2.13. The molecule has 0 radical (unpaired) electrons. The largest absolute Gasteiger partial charge is 0.480 e. The summed E-state index contributed by atoms with van der Waals surface area (Å²) in [7, 11) is 0. The molecule has 0 aromatic rings. The van der Waals surface area contributed by atoms with Crippen LogP contribution in [0.3, 0.4) is 0 Å². The number of aliphatic carboxylic acids is 2. The molecule has 3 N–H and O–H groups in total. The topological polar surface area (TPSA) is 104 Å². The van der Waals surface area contributed by atoms with Crippen molar-refractivity contribution in [2.75, 3.05) is 13.2 Å². The predicted molar refractivity (Wildman–Crippen MR) is 55.2 cm³/mol. The minimum Gasteiger partial charge on any atom is -0.480 e. The van der Waals surface area contributed by atoms with Gasteiger partial charge in [0.2, 0.25) is 0 Å². The van der Waals surface area contributed by atoms with Gasteiger partial charge in [-0.05, 0) is 12.8 Å². The molecule has 0 bridgehead atoms. The quantitative estimate of drug-likeness (QED) is 0.653. The minimum absolute atomic E-state index is 0.134. The van der Waals surface area contributed by atoms with Crippen LogP contribution in [0.15, 0.2) is 0 Å². The summed E-state index contributed by atoms with van der Waals surface area (Å²) in [6.45, 7) is -0.912. The van der Waals surface area contributed by atoms with Crippen molar-refractivity contribution in [2.24, 2.45) is 0 Å². The Balaban J connectivity index is 0.000000385. The van der Waals surface area contributed by atoms with E-state index in [1.54, 1.807) is 0 Å². The van der Waals surface area contributed by atoms with Gasteiger partial charge in [0, 0.05) is 0 Å². The number of aliphatic hydroxyl groups excluding tert-OH is 1. The lowest BCUT2D eigenvalue weighted by Gasteiger charge is -2.20. The van der Waals surface area contributed by atoms with Crippen molar-refractivity contribution in [1.29, 1.82) is 0 Å². The van der Waals surface area contributed by atoms with E-state index in [4.69, 9.17) is 24.9 Å². The van der Waals surface area contributed by atoms with Crippen molar-refractivity contribution in [3.05, 3.63) is 0 Å². The molecule has 0 amide bonds. The Kier molecular flexibility index (Phi) is 8.46. The van der Waals surface area contributed by atoms with Crippen LogP contribution in [0.4, 0.5) is 0 Å². The van der Waals surface area contributed by atoms with Crippen LogP contribution in [-0.2, 0) is 14.3 Å². The number of rotatable bonds is 4. The Labute approximate surface area is 93.8 Å². The lowest BCUT2D eigenvalue weighted by atomic mass is 9.98. The number of carboxylic acid groups (broad SMARTS) is 2. The van der Waals surface area contributed by atoms with Crippen LogP contribution in [0.5, 0.6) is 0 Å². The number of ether oxygens (including phenoxy) is 1. The van der Waals surface area contributed by atoms with Crippen molar-refractivity contribution >= 4 is 11.9 Å². The summed E-state index contributed by atoms with van der Waals surface area (Å²) in [5.74, 6) is -2.06. The van der Waals surface area contributed by atoms with Gasteiger partial charge in [-0.3, -0.25) is 0 Å². The number of carboxylic acids is 2. The third kappa shape index (κ3) is 9.42. The molecule has 1 aliphatic rings. The van der Waals surface area contributed by atoms with Crippen molar-refractivity contribution in [3.63, 3.8) is 0 Å². The SMILES string of the molecule is O=C(O)CO.O=C(O)COC1CCCCC1. The first-order chi connectivity index (χ1) is 7.56. The summed E-state index contributed by atoms with van der Waals surface area (Å²) < 4.78 is 5.14. The normalized spacial score (nSPS) is 16.1. The fraction of sp³-hybridized carbons (Fsp3) is 0.800. The van der Waals surface area contributed by atoms with E-state index in [1.165, 1.54) is 19.3 Å². The Bertz CT molecular complexity index is 209. The second-order valence-electron chi connectivity index (χ2n) is 3.52. The fourth-order valence-electron chi connectivity index (χ4n) is 1.42. The van der Waals surface area contributed by atoms with E-state index in [0.29, 0.717) is 0 Å². The molecule has 6 nitrogen and oxygen atoms in total. The average Bonchev–Trinajstić information content (AvgIpc) is 2.28. The summed E-state index contributed by atoms with van der Waals surface area (Å²) in [6, 6.07) is 0. The highest BCUT2D eigenvalue weighted by Crippen LogP contribution is 2.19. The Hall–Kier alpha value is -1.14. The second kappa shape index (κ2) is 9.11. The molecular formula is C10H18O6. The summed E-state index contributed by atoms with van der Waals surface area (Å²) in [5.41, 5.74) is 0. The zero-order valence-electron chi connectivity index (χ0n) is 9.09. The van der Waals surface area contributed by atoms with Gasteiger partial charge in [0.15, 0.2) is 0 Å². The molecular weight excluding hydrogens is 216 g/mol.